The number of hydrogen-bond donors (Lipinski definition) is 3. The van der Waals surface area contributed by atoms with Crippen molar-refractivity contribution in [1.82, 2.24) is 14.7 Å². The Bertz CT molecular complexity index is 1700. The number of hydrogen-bond acceptors (Lipinski definition) is 5. The first-order valence-electron chi connectivity index (χ1n) is 16.2. The molecule has 4 aromatic rings. The van der Waals surface area contributed by atoms with Crippen LogP contribution in [-0.2, 0) is 16.6 Å². The van der Waals surface area contributed by atoms with E-state index in [1.54, 1.807) is 35.9 Å². The van der Waals surface area contributed by atoms with Crippen molar-refractivity contribution in [3.63, 3.8) is 0 Å². The normalized spacial score (nSPS) is 13.6. The lowest BCUT2D eigenvalue weighted by Gasteiger charge is -2.32. The zero-order valence-corrected chi connectivity index (χ0v) is 27.8. The number of carbonyl (C=O) groups excluding carboxylic acids is 3. The summed E-state index contributed by atoms with van der Waals surface area (Å²) in [5.41, 5.74) is 5.58. The van der Waals surface area contributed by atoms with Crippen molar-refractivity contribution < 1.29 is 19.1 Å². The van der Waals surface area contributed by atoms with Gasteiger partial charge in [0.15, 0.2) is 0 Å². The van der Waals surface area contributed by atoms with Gasteiger partial charge in [-0.3, -0.25) is 5.32 Å². The summed E-state index contributed by atoms with van der Waals surface area (Å²) in [4.78, 5) is 39.8. The number of rotatable bonds is 8. The molecule has 0 aliphatic carbocycles. The number of piperidine rings is 1. The van der Waals surface area contributed by atoms with Gasteiger partial charge in [0.2, 0.25) is 0 Å². The zero-order valence-electron chi connectivity index (χ0n) is 27.8. The largest absolute Gasteiger partial charge is 0.462 e. The van der Waals surface area contributed by atoms with Crippen molar-refractivity contribution in [2.24, 2.45) is 5.92 Å². The monoisotopic (exact) mass is 636 g/mol. The first-order valence-corrected chi connectivity index (χ1v) is 16.2. The lowest BCUT2D eigenvalue weighted by Crippen LogP contribution is -2.41. The Balaban J connectivity index is 1.12. The lowest BCUT2D eigenvalue weighted by molar-refractivity contribution is 0.0526. The Morgan fingerprint density at radius 3 is 2.23 bits per heavy atom. The Labute approximate surface area is 276 Å². The zero-order chi connectivity index (χ0) is 33.6. The molecule has 10 heteroatoms. The van der Waals surface area contributed by atoms with Gasteiger partial charge in [0.05, 0.1) is 23.6 Å². The number of benzene rings is 3. The van der Waals surface area contributed by atoms with Gasteiger partial charge in [0.25, 0.3) is 0 Å². The molecule has 3 aromatic carbocycles. The van der Waals surface area contributed by atoms with E-state index in [1.165, 1.54) is 5.56 Å². The van der Waals surface area contributed by atoms with E-state index in [9.17, 15) is 14.4 Å². The number of ether oxygens (including phenoxy) is 1. The van der Waals surface area contributed by atoms with Gasteiger partial charge < -0.3 is 20.3 Å². The highest BCUT2D eigenvalue weighted by molar-refractivity contribution is 5.99. The topological polar surface area (TPSA) is 118 Å². The molecule has 2 heterocycles. The Morgan fingerprint density at radius 2 is 1.57 bits per heavy atom. The highest BCUT2D eigenvalue weighted by atomic mass is 16.5. The second-order valence-corrected chi connectivity index (χ2v) is 13.1. The van der Waals surface area contributed by atoms with Crippen LogP contribution in [-0.4, -0.2) is 52.4 Å². The lowest BCUT2D eigenvalue weighted by atomic mass is 9.90. The first-order chi connectivity index (χ1) is 22.5. The van der Waals surface area contributed by atoms with Crippen LogP contribution in [0.4, 0.5) is 26.8 Å². The van der Waals surface area contributed by atoms with E-state index in [0.29, 0.717) is 48.4 Å². The first kappa shape index (κ1) is 33.2. The van der Waals surface area contributed by atoms with Crippen molar-refractivity contribution >= 4 is 35.2 Å². The standard InChI is InChI=1S/C37H44N6O4/c1-6-47-34(44)28-8-7-9-30(23-28)39-36(46)42-20-18-27(19-21-42)22-26-12-14-29(15-13-26)38-35(45)40-33-24-32(37(3,4)5)41-43(33)31-16-10-25(2)11-17-31/h7-17,23-24,27H,6,18-22H2,1-5H3,(H,39,46)(H2,38,40,45). The maximum absolute atomic E-state index is 13.0. The molecule has 3 N–H and O–H groups in total. The third-order valence-electron chi connectivity index (χ3n) is 8.26. The van der Waals surface area contributed by atoms with Gasteiger partial charge in [-0.05, 0) is 87.1 Å². The molecule has 246 valence electrons. The number of esters is 1. The van der Waals surface area contributed by atoms with Crippen LogP contribution in [0, 0.1) is 12.8 Å². The molecule has 0 radical (unpaired) electrons. The Morgan fingerprint density at radius 1 is 0.872 bits per heavy atom. The number of urea groups is 2. The molecule has 47 heavy (non-hydrogen) atoms. The minimum atomic E-state index is -0.409. The highest BCUT2D eigenvalue weighted by Crippen LogP contribution is 2.27. The number of aryl methyl sites for hydroxylation is 1. The van der Waals surface area contributed by atoms with Gasteiger partial charge in [-0.25, -0.2) is 19.1 Å². The van der Waals surface area contributed by atoms with Crippen molar-refractivity contribution in [3.05, 3.63) is 101 Å². The number of aromatic nitrogens is 2. The van der Waals surface area contributed by atoms with E-state index in [2.05, 4.69) is 36.7 Å². The molecule has 0 spiro atoms. The van der Waals surface area contributed by atoms with E-state index in [1.807, 2.05) is 66.4 Å². The summed E-state index contributed by atoms with van der Waals surface area (Å²) in [5, 5.41) is 13.6. The van der Waals surface area contributed by atoms with Crippen LogP contribution < -0.4 is 16.0 Å². The molecule has 0 atom stereocenters. The van der Waals surface area contributed by atoms with Crippen LogP contribution in [0.1, 0.15) is 67.7 Å². The number of amides is 4. The van der Waals surface area contributed by atoms with E-state index >= 15 is 0 Å². The fourth-order valence-electron chi connectivity index (χ4n) is 5.54. The molecular weight excluding hydrogens is 592 g/mol. The number of likely N-dealkylation sites (tertiary alicyclic amines) is 1. The third-order valence-corrected chi connectivity index (χ3v) is 8.26. The number of carbonyl (C=O) groups is 3. The summed E-state index contributed by atoms with van der Waals surface area (Å²) >= 11 is 0. The summed E-state index contributed by atoms with van der Waals surface area (Å²) in [6.45, 7) is 11.7. The predicted octanol–water partition coefficient (Wildman–Crippen LogP) is 7.79. The molecule has 0 unspecified atom stereocenters. The minimum Gasteiger partial charge on any atom is -0.462 e. The summed E-state index contributed by atoms with van der Waals surface area (Å²) < 4.78 is 6.82. The van der Waals surface area contributed by atoms with Crippen LogP contribution in [0.2, 0.25) is 0 Å². The van der Waals surface area contributed by atoms with Crippen LogP contribution in [0.15, 0.2) is 78.9 Å². The van der Waals surface area contributed by atoms with Gasteiger partial charge in [0, 0.05) is 35.9 Å². The van der Waals surface area contributed by atoms with E-state index in [0.717, 1.165) is 36.2 Å². The highest BCUT2D eigenvalue weighted by Gasteiger charge is 2.24. The van der Waals surface area contributed by atoms with Gasteiger partial charge >= 0.3 is 18.0 Å². The summed E-state index contributed by atoms with van der Waals surface area (Å²) in [5.74, 6) is 0.638. The van der Waals surface area contributed by atoms with Crippen molar-refractivity contribution in [2.45, 2.75) is 59.3 Å². The fourth-order valence-corrected chi connectivity index (χ4v) is 5.54. The average molecular weight is 637 g/mol. The van der Waals surface area contributed by atoms with Gasteiger partial charge in [-0.15, -0.1) is 0 Å². The number of nitrogens with one attached hydrogen (secondary N) is 3. The van der Waals surface area contributed by atoms with Crippen molar-refractivity contribution in [1.29, 1.82) is 0 Å². The van der Waals surface area contributed by atoms with Gasteiger partial charge in [-0.2, -0.15) is 5.10 Å². The molecule has 4 amide bonds. The Hall–Kier alpha value is -5.12. The van der Waals surface area contributed by atoms with Crippen LogP contribution in [0.25, 0.3) is 5.69 Å². The molecule has 1 aliphatic heterocycles. The van der Waals surface area contributed by atoms with Crippen molar-refractivity contribution in [2.75, 3.05) is 35.6 Å². The Kier molecular flexibility index (Phi) is 10.3. The molecule has 1 saturated heterocycles. The fraction of sp³-hybridized carbons (Fsp3) is 0.351. The maximum Gasteiger partial charge on any atom is 0.338 e. The molecule has 0 bridgehead atoms. The molecule has 1 fully saturated rings. The number of nitrogens with zero attached hydrogens (tertiary/aromatic N) is 3. The van der Waals surface area contributed by atoms with Gasteiger partial charge in [0.1, 0.15) is 5.82 Å². The van der Waals surface area contributed by atoms with Crippen LogP contribution in [0.3, 0.4) is 0 Å². The van der Waals surface area contributed by atoms with Crippen LogP contribution >= 0.6 is 0 Å². The van der Waals surface area contributed by atoms with Crippen LogP contribution in [0.5, 0.6) is 0 Å². The summed E-state index contributed by atoms with van der Waals surface area (Å²) in [6.07, 6.45) is 2.68. The summed E-state index contributed by atoms with van der Waals surface area (Å²) in [7, 11) is 0. The molecule has 1 aliphatic rings. The maximum atomic E-state index is 13.0. The smallest absolute Gasteiger partial charge is 0.338 e. The van der Waals surface area contributed by atoms with Crippen molar-refractivity contribution in [3.8, 4) is 5.69 Å². The molecule has 0 saturated carbocycles. The average Bonchev–Trinajstić information content (AvgIpc) is 3.47. The third kappa shape index (κ3) is 8.78. The molecule has 5 rings (SSSR count). The molecular formula is C37H44N6O4. The van der Waals surface area contributed by atoms with Gasteiger partial charge in [-0.1, -0.05) is 56.7 Å². The summed E-state index contributed by atoms with van der Waals surface area (Å²) in [6, 6.07) is 24.1. The van der Waals surface area contributed by atoms with E-state index < -0.39 is 5.97 Å². The molecule has 10 nitrogen and oxygen atoms in total. The van der Waals surface area contributed by atoms with E-state index in [-0.39, 0.29) is 17.5 Å². The van der Waals surface area contributed by atoms with E-state index in [4.69, 9.17) is 9.84 Å². The second kappa shape index (κ2) is 14.5. The predicted molar refractivity (Wildman–Crippen MR) is 186 cm³/mol. The number of anilines is 3. The second-order valence-electron chi connectivity index (χ2n) is 13.1. The SMILES string of the molecule is CCOC(=O)c1cccc(NC(=O)N2CCC(Cc3ccc(NC(=O)Nc4cc(C(C)(C)C)nn4-c4ccc(C)cc4)cc3)CC2)c1. The quantitative estimate of drug-likeness (QED) is 0.171. The molecule has 1 aromatic heterocycles. The minimum absolute atomic E-state index is 0.172.